The van der Waals surface area contributed by atoms with Crippen molar-refractivity contribution in [1.82, 2.24) is 19.9 Å². The minimum Gasteiger partial charge on any atom is -0.340 e. The van der Waals surface area contributed by atoms with Gasteiger partial charge in [-0.15, -0.1) is 11.3 Å². The predicted molar refractivity (Wildman–Crippen MR) is 92.7 cm³/mol. The second-order valence-corrected chi connectivity index (χ2v) is 7.91. The lowest BCUT2D eigenvalue weighted by molar-refractivity contribution is 0.115. The van der Waals surface area contributed by atoms with Crippen LogP contribution in [0.5, 0.6) is 0 Å². The highest BCUT2D eigenvalue weighted by molar-refractivity contribution is 7.09. The molecule has 0 amide bonds. The number of aryl methyl sites for hydroxylation is 1. The summed E-state index contributed by atoms with van der Waals surface area (Å²) >= 11 is 1.76. The van der Waals surface area contributed by atoms with E-state index in [1.807, 2.05) is 25.5 Å². The summed E-state index contributed by atoms with van der Waals surface area (Å²) in [6, 6.07) is 0. The quantitative estimate of drug-likeness (QED) is 0.866. The van der Waals surface area contributed by atoms with E-state index in [9.17, 15) is 0 Å². The fourth-order valence-electron chi connectivity index (χ4n) is 3.77. The molecule has 2 aromatic rings. The smallest absolute Gasteiger partial charge is 0.225 e. The van der Waals surface area contributed by atoms with Crippen LogP contribution in [0.3, 0.4) is 0 Å². The van der Waals surface area contributed by atoms with E-state index in [2.05, 4.69) is 30.1 Å². The summed E-state index contributed by atoms with van der Waals surface area (Å²) in [4.78, 5) is 18.3. The van der Waals surface area contributed by atoms with E-state index < -0.39 is 0 Å². The van der Waals surface area contributed by atoms with Gasteiger partial charge >= 0.3 is 0 Å². The Labute approximate surface area is 141 Å². The van der Waals surface area contributed by atoms with E-state index in [0.29, 0.717) is 5.41 Å². The first-order valence-corrected chi connectivity index (χ1v) is 9.25. The molecule has 0 atom stereocenters. The first-order chi connectivity index (χ1) is 11.2. The number of piperidine rings is 1. The normalized spacial score (nSPS) is 21.2. The van der Waals surface area contributed by atoms with Crippen molar-refractivity contribution in [2.45, 2.75) is 32.7 Å². The summed E-state index contributed by atoms with van der Waals surface area (Å²) in [5.74, 6) is 0.901. The molecule has 0 saturated carbocycles. The molecule has 0 unspecified atom stereocenters. The van der Waals surface area contributed by atoms with Crippen molar-refractivity contribution in [3.05, 3.63) is 34.5 Å². The van der Waals surface area contributed by atoms with Crippen molar-refractivity contribution in [2.75, 3.05) is 31.1 Å². The molecule has 0 N–H and O–H groups in total. The maximum Gasteiger partial charge on any atom is 0.225 e. The zero-order valence-electron chi connectivity index (χ0n) is 13.6. The Kier molecular flexibility index (Phi) is 4.03. The van der Waals surface area contributed by atoms with Gasteiger partial charge in [-0.1, -0.05) is 0 Å². The van der Waals surface area contributed by atoms with Crippen molar-refractivity contribution < 1.29 is 0 Å². The highest BCUT2D eigenvalue weighted by atomic mass is 32.1. The van der Waals surface area contributed by atoms with Crippen LogP contribution in [0.15, 0.2) is 24.0 Å². The van der Waals surface area contributed by atoms with Crippen LogP contribution in [0.4, 0.5) is 5.95 Å². The molecule has 4 rings (SSSR count). The average molecular weight is 329 g/mol. The summed E-state index contributed by atoms with van der Waals surface area (Å²) in [5, 5.41) is 3.30. The van der Waals surface area contributed by atoms with Crippen molar-refractivity contribution >= 4 is 17.3 Å². The molecule has 122 valence electrons. The zero-order chi connectivity index (χ0) is 15.7. The molecule has 0 aromatic carbocycles. The number of rotatable bonds is 3. The second kappa shape index (κ2) is 6.17. The number of aromatic nitrogens is 3. The van der Waals surface area contributed by atoms with Gasteiger partial charge in [0.15, 0.2) is 0 Å². The van der Waals surface area contributed by atoms with E-state index in [1.165, 1.54) is 37.4 Å². The molecule has 4 heterocycles. The maximum atomic E-state index is 4.50. The first-order valence-electron chi connectivity index (χ1n) is 8.37. The lowest BCUT2D eigenvalue weighted by atomic mass is 9.78. The van der Waals surface area contributed by atoms with Gasteiger partial charge < -0.3 is 4.90 Å². The minimum atomic E-state index is 0.466. The topological polar surface area (TPSA) is 45.2 Å². The standard InChI is InChI=1S/C17H23N5S/c1-14-10-19-16(20-11-14)22-8-4-17(13-22)2-6-21(7-3-17)12-15-18-5-9-23-15/h5,9-11H,2-4,6-8,12-13H2,1H3. The first kappa shape index (κ1) is 15.0. The van der Waals surface area contributed by atoms with Gasteiger partial charge in [0, 0.05) is 37.1 Å². The lowest BCUT2D eigenvalue weighted by Gasteiger charge is -2.39. The number of hydrogen-bond acceptors (Lipinski definition) is 6. The minimum absolute atomic E-state index is 0.466. The van der Waals surface area contributed by atoms with Crippen LogP contribution in [0, 0.1) is 12.3 Å². The molecule has 1 spiro atoms. The van der Waals surface area contributed by atoms with E-state index in [4.69, 9.17) is 0 Å². The molecule has 6 heteroatoms. The van der Waals surface area contributed by atoms with E-state index in [1.54, 1.807) is 11.3 Å². The fourth-order valence-corrected chi connectivity index (χ4v) is 4.43. The molecule has 0 aliphatic carbocycles. The number of likely N-dealkylation sites (tertiary alicyclic amines) is 1. The molecule has 0 radical (unpaired) electrons. The monoisotopic (exact) mass is 329 g/mol. The zero-order valence-corrected chi connectivity index (χ0v) is 14.4. The maximum absolute atomic E-state index is 4.50. The Morgan fingerprint density at radius 1 is 1.09 bits per heavy atom. The third-order valence-electron chi connectivity index (χ3n) is 5.25. The van der Waals surface area contributed by atoms with Gasteiger partial charge in [-0.25, -0.2) is 15.0 Å². The fraction of sp³-hybridized carbons (Fsp3) is 0.588. The number of nitrogens with zero attached hydrogens (tertiary/aromatic N) is 5. The van der Waals surface area contributed by atoms with E-state index >= 15 is 0 Å². The van der Waals surface area contributed by atoms with Crippen LogP contribution in [0.25, 0.3) is 0 Å². The molecular formula is C17H23N5S. The Balaban J connectivity index is 1.35. The van der Waals surface area contributed by atoms with Crippen LogP contribution in [0.2, 0.25) is 0 Å². The molecule has 2 fully saturated rings. The summed E-state index contributed by atoms with van der Waals surface area (Å²) < 4.78 is 0. The highest BCUT2D eigenvalue weighted by Crippen LogP contribution is 2.41. The number of anilines is 1. The van der Waals surface area contributed by atoms with Gasteiger partial charge in [-0.3, -0.25) is 4.90 Å². The van der Waals surface area contributed by atoms with E-state index in [0.717, 1.165) is 31.1 Å². The lowest BCUT2D eigenvalue weighted by Crippen LogP contribution is -2.41. The largest absolute Gasteiger partial charge is 0.340 e. The Bertz CT molecular complexity index is 632. The van der Waals surface area contributed by atoms with E-state index in [-0.39, 0.29) is 0 Å². The Morgan fingerprint density at radius 3 is 2.52 bits per heavy atom. The predicted octanol–water partition coefficient (Wildman–Crippen LogP) is 2.73. The van der Waals surface area contributed by atoms with Crippen molar-refractivity contribution in [3.63, 3.8) is 0 Å². The molecule has 2 saturated heterocycles. The number of hydrogen-bond donors (Lipinski definition) is 0. The van der Waals surface area contributed by atoms with Gasteiger partial charge in [0.25, 0.3) is 0 Å². The highest BCUT2D eigenvalue weighted by Gasteiger charge is 2.41. The van der Waals surface area contributed by atoms with Crippen LogP contribution in [-0.4, -0.2) is 46.0 Å². The van der Waals surface area contributed by atoms with Gasteiger partial charge in [0.1, 0.15) is 5.01 Å². The van der Waals surface area contributed by atoms with Gasteiger partial charge in [-0.2, -0.15) is 0 Å². The van der Waals surface area contributed by atoms with Crippen LogP contribution in [-0.2, 0) is 6.54 Å². The van der Waals surface area contributed by atoms with Crippen LogP contribution < -0.4 is 4.90 Å². The summed E-state index contributed by atoms with van der Waals surface area (Å²) in [6.45, 7) is 7.62. The summed E-state index contributed by atoms with van der Waals surface area (Å²) in [5.41, 5.74) is 1.59. The Hall–Kier alpha value is -1.53. The summed E-state index contributed by atoms with van der Waals surface area (Å²) in [6.07, 6.45) is 9.58. The van der Waals surface area contributed by atoms with Crippen molar-refractivity contribution in [2.24, 2.45) is 5.41 Å². The van der Waals surface area contributed by atoms with Crippen LogP contribution in [0.1, 0.15) is 29.8 Å². The molecule has 0 bridgehead atoms. The van der Waals surface area contributed by atoms with Crippen LogP contribution >= 0.6 is 11.3 Å². The van der Waals surface area contributed by atoms with Crippen molar-refractivity contribution in [3.8, 4) is 0 Å². The molecule has 5 nitrogen and oxygen atoms in total. The molecule has 2 aromatic heterocycles. The molecule has 2 aliphatic heterocycles. The SMILES string of the molecule is Cc1cnc(N2CCC3(CCN(Cc4nccs4)CC3)C2)nc1. The van der Waals surface area contributed by atoms with Gasteiger partial charge in [-0.05, 0) is 50.3 Å². The third kappa shape index (κ3) is 3.23. The molecular weight excluding hydrogens is 306 g/mol. The van der Waals surface area contributed by atoms with Crippen molar-refractivity contribution in [1.29, 1.82) is 0 Å². The summed E-state index contributed by atoms with van der Waals surface area (Å²) in [7, 11) is 0. The average Bonchev–Trinajstić information content (AvgIpc) is 3.21. The third-order valence-corrected chi connectivity index (χ3v) is 6.01. The van der Waals surface area contributed by atoms with Gasteiger partial charge in [0.05, 0.1) is 6.54 Å². The number of thiazole rings is 1. The second-order valence-electron chi connectivity index (χ2n) is 6.93. The Morgan fingerprint density at radius 2 is 1.83 bits per heavy atom. The van der Waals surface area contributed by atoms with Gasteiger partial charge in [0.2, 0.25) is 5.95 Å². The molecule has 23 heavy (non-hydrogen) atoms. The molecule has 2 aliphatic rings.